The van der Waals surface area contributed by atoms with E-state index in [0.29, 0.717) is 23.9 Å². The lowest BCUT2D eigenvalue weighted by Crippen LogP contribution is -2.43. The van der Waals surface area contributed by atoms with Gasteiger partial charge >= 0.3 is 0 Å². The summed E-state index contributed by atoms with van der Waals surface area (Å²) in [6.45, 7) is 5.62. The number of aliphatic hydroxyl groups is 1. The van der Waals surface area contributed by atoms with Gasteiger partial charge in [0.05, 0.1) is 5.56 Å². The van der Waals surface area contributed by atoms with Crippen LogP contribution in [0.25, 0.3) is 0 Å². The van der Waals surface area contributed by atoms with Gasteiger partial charge in [0.15, 0.2) is 5.78 Å². The summed E-state index contributed by atoms with van der Waals surface area (Å²) < 4.78 is 5.64. The van der Waals surface area contributed by atoms with Crippen LogP contribution in [0, 0.1) is 0 Å². The van der Waals surface area contributed by atoms with Gasteiger partial charge in [-0.25, -0.2) is 0 Å². The molecular formula is C17H25NO3. The average Bonchev–Trinajstić information content (AvgIpc) is 2.48. The zero-order chi connectivity index (χ0) is 15.2. The van der Waals surface area contributed by atoms with E-state index in [1.165, 1.54) is 26.2 Å². The third-order valence-electron chi connectivity index (χ3n) is 4.08. The van der Waals surface area contributed by atoms with Crippen LogP contribution in [-0.4, -0.2) is 47.6 Å². The molecule has 1 fully saturated rings. The third-order valence-corrected chi connectivity index (χ3v) is 4.08. The summed E-state index contributed by atoms with van der Waals surface area (Å²) in [7, 11) is 0. The van der Waals surface area contributed by atoms with E-state index < -0.39 is 6.10 Å². The van der Waals surface area contributed by atoms with Gasteiger partial charge in [-0.15, -0.1) is 0 Å². The maximum Gasteiger partial charge on any atom is 0.163 e. The van der Waals surface area contributed by atoms with Crippen molar-refractivity contribution in [3.63, 3.8) is 0 Å². The van der Waals surface area contributed by atoms with E-state index in [4.69, 9.17) is 4.74 Å². The Morgan fingerprint density at radius 1 is 1.43 bits per heavy atom. The lowest BCUT2D eigenvalue weighted by atomic mass is 10.0. The predicted molar refractivity (Wildman–Crippen MR) is 82.8 cm³/mol. The molecule has 0 bridgehead atoms. The van der Waals surface area contributed by atoms with Gasteiger partial charge < -0.3 is 9.84 Å². The van der Waals surface area contributed by atoms with Gasteiger partial charge in [0, 0.05) is 12.6 Å². The van der Waals surface area contributed by atoms with Crippen LogP contribution in [0.4, 0.5) is 0 Å². The normalized spacial score (nSPS) is 21.0. The molecule has 1 saturated heterocycles. The van der Waals surface area contributed by atoms with E-state index >= 15 is 0 Å². The Kier molecular flexibility index (Phi) is 5.76. The van der Waals surface area contributed by atoms with Crippen LogP contribution >= 0.6 is 0 Å². The van der Waals surface area contributed by atoms with Crippen molar-refractivity contribution in [2.45, 2.75) is 45.3 Å². The molecule has 4 heteroatoms. The van der Waals surface area contributed by atoms with Crippen LogP contribution in [0.15, 0.2) is 24.3 Å². The molecule has 1 aliphatic heterocycles. The highest BCUT2D eigenvalue weighted by atomic mass is 16.5. The first-order chi connectivity index (χ1) is 10.1. The lowest BCUT2D eigenvalue weighted by Gasteiger charge is -2.34. The van der Waals surface area contributed by atoms with Crippen molar-refractivity contribution in [3.05, 3.63) is 29.8 Å². The van der Waals surface area contributed by atoms with Crippen molar-refractivity contribution in [1.29, 1.82) is 0 Å². The average molecular weight is 291 g/mol. The smallest absolute Gasteiger partial charge is 0.163 e. The van der Waals surface area contributed by atoms with Gasteiger partial charge in [-0.05, 0) is 45.4 Å². The molecule has 1 heterocycles. The van der Waals surface area contributed by atoms with E-state index in [0.717, 1.165) is 6.54 Å². The highest BCUT2D eigenvalue weighted by Gasteiger charge is 2.21. The molecule has 0 saturated carbocycles. The fourth-order valence-electron chi connectivity index (χ4n) is 2.82. The maximum absolute atomic E-state index is 11.5. The molecule has 0 aliphatic carbocycles. The van der Waals surface area contributed by atoms with Crippen molar-refractivity contribution in [2.24, 2.45) is 0 Å². The second-order valence-electron chi connectivity index (χ2n) is 5.86. The highest BCUT2D eigenvalue weighted by Crippen LogP contribution is 2.19. The molecule has 1 N–H and O–H groups in total. The summed E-state index contributed by atoms with van der Waals surface area (Å²) in [4.78, 5) is 13.8. The minimum absolute atomic E-state index is 0.0234. The molecular weight excluding hydrogens is 266 g/mol. The first-order valence-electron chi connectivity index (χ1n) is 7.73. The molecule has 2 rings (SSSR count). The molecule has 1 aromatic rings. The molecule has 0 spiro atoms. The number of carbonyl (C=O) groups excluding carboxylic acids is 1. The number of aliphatic hydroxyl groups excluding tert-OH is 1. The van der Waals surface area contributed by atoms with Crippen LogP contribution in [0.3, 0.4) is 0 Å². The van der Waals surface area contributed by atoms with E-state index in [9.17, 15) is 9.90 Å². The molecule has 0 radical (unpaired) electrons. The molecule has 4 nitrogen and oxygen atoms in total. The number of Topliss-reactive ketones (excluding diaryl/α,β-unsaturated/α-hetero) is 1. The number of nitrogens with zero attached hydrogens (tertiary/aromatic N) is 1. The summed E-state index contributed by atoms with van der Waals surface area (Å²) in [6.07, 6.45) is 3.13. The maximum atomic E-state index is 11.5. The Bertz CT molecular complexity index is 475. The topological polar surface area (TPSA) is 49.8 Å². The zero-order valence-corrected chi connectivity index (χ0v) is 12.9. The molecule has 21 heavy (non-hydrogen) atoms. The van der Waals surface area contributed by atoms with Gasteiger partial charge in [0.25, 0.3) is 0 Å². The third kappa shape index (κ3) is 4.55. The number of piperidine rings is 1. The number of carbonyl (C=O) groups is 1. The van der Waals surface area contributed by atoms with Crippen LogP contribution in [0.2, 0.25) is 0 Å². The summed E-state index contributed by atoms with van der Waals surface area (Å²) in [5.41, 5.74) is 0.566. The number of para-hydroxylation sites is 1. The Balaban J connectivity index is 1.86. The van der Waals surface area contributed by atoms with Crippen molar-refractivity contribution in [1.82, 2.24) is 4.90 Å². The van der Waals surface area contributed by atoms with Crippen LogP contribution in [0.1, 0.15) is 43.5 Å². The number of β-amino-alcohol motifs (C(OH)–C–C–N with tert-alkyl or cyclic N) is 1. The molecule has 0 aromatic heterocycles. The number of ether oxygens (including phenoxy) is 1. The Hall–Kier alpha value is -1.39. The molecule has 1 aromatic carbocycles. The number of likely N-dealkylation sites (tertiary alicyclic amines) is 1. The minimum atomic E-state index is -0.537. The monoisotopic (exact) mass is 291 g/mol. The minimum Gasteiger partial charge on any atom is -0.490 e. The summed E-state index contributed by atoms with van der Waals surface area (Å²) in [6, 6.07) is 7.69. The zero-order valence-electron chi connectivity index (χ0n) is 12.9. The first kappa shape index (κ1) is 16.0. The summed E-state index contributed by atoms with van der Waals surface area (Å²) >= 11 is 0. The molecule has 1 aliphatic rings. The molecule has 0 amide bonds. The number of rotatable bonds is 6. The number of hydrogen-bond donors (Lipinski definition) is 1. The van der Waals surface area contributed by atoms with E-state index in [1.807, 2.05) is 12.1 Å². The fourth-order valence-corrected chi connectivity index (χ4v) is 2.82. The fraction of sp³-hybridized carbons (Fsp3) is 0.588. The highest BCUT2D eigenvalue weighted by molar-refractivity contribution is 5.96. The number of hydrogen-bond acceptors (Lipinski definition) is 4. The molecule has 0 unspecified atom stereocenters. The molecule has 2 atom stereocenters. The first-order valence-corrected chi connectivity index (χ1v) is 7.73. The van der Waals surface area contributed by atoms with E-state index in [2.05, 4.69) is 11.8 Å². The van der Waals surface area contributed by atoms with Gasteiger partial charge in [-0.3, -0.25) is 9.69 Å². The van der Waals surface area contributed by atoms with Crippen LogP contribution in [0.5, 0.6) is 5.75 Å². The largest absolute Gasteiger partial charge is 0.490 e. The number of ketones is 1. The van der Waals surface area contributed by atoms with Crippen LogP contribution < -0.4 is 4.74 Å². The quantitative estimate of drug-likeness (QED) is 0.818. The van der Waals surface area contributed by atoms with Crippen molar-refractivity contribution in [2.75, 3.05) is 19.7 Å². The van der Waals surface area contributed by atoms with Gasteiger partial charge in [-0.2, -0.15) is 0 Å². The Morgan fingerprint density at radius 3 is 2.90 bits per heavy atom. The second-order valence-corrected chi connectivity index (χ2v) is 5.86. The standard InChI is InChI=1S/C17H25NO3/c1-13-7-5-6-10-18(13)11-15(20)12-21-17-9-4-3-8-16(17)14(2)19/h3-4,8-9,13,15,20H,5-7,10-12H2,1-2H3/t13-,15+/m0/s1. The van der Waals surface area contributed by atoms with Gasteiger partial charge in [-0.1, -0.05) is 18.6 Å². The van der Waals surface area contributed by atoms with Crippen molar-refractivity contribution >= 4 is 5.78 Å². The van der Waals surface area contributed by atoms with E-state index in [1.54, 1.807) is 12.1 Å². The Morgan fingerprint density at radius 2 is 2.19 bits per heavy atom. The second kappa shape index (κ2) is 7.57. The SMILES string of the molecule is CC(=O)c1ccccc1OC[C@H](O)CN1CCCC[C@@H]1C. The van der Waals surface area contributed by atoms with Crippen molar-refractivity contribution in [3.8, 4) is 5.75 Å². The van der Waals surface area contributed by atoms with Crippen molar-refractivity contribution < 1.29 is 14.6 Å². The van der Waals surface area contributed by atoms with Gasteiger partial charge in [0.2, 0.25) is 0 Å². The summed E-state index contributed by atoms with van der Waals surface area (Å²) in [5, 5.41) is 10.2. The predicted octanol–water partition coefficient (Wildman–Crippen LogP) is 2.50. The summed E-state index contributed by atoms with van der Waals surface area (Å²) in [5.74, 6) is 0.528. The number of benzene rings is 1. The lowest BCUT2D eigenvalue weighted by molar-refractivity contribution is 0.0435. The van der Waals surface area contributed by atoms with Crippen LogP contribution in [-0.2, 0) is 0 Å². The van der Waals surface area contributed by atoms with E-state index in [-0.39, 0.29) is 12.4 Å². The van der Waals surface area contributed by atoms with Gasteiger partial charge in [0.1, 0.15) is 18.5 Å². The Labute approximate surface area is 126 Å². The molecule has 116 valence electrons.